The van der Waals surface area contributed by atoms with Gasteiger partial charge in [0.2, 0.25) is 5.43 Å². The van der Waals surface area contributed by atoms with Crippen molar-refractivity contribution in [1.29, 1.82) is 0 Å². The number of hydrogen-bond acceptors (Lipinski definition) is 5. The molecule has 6 nitrogen and oxygen atoms in total. The summed E-state index contributed by atoms with van der Waals surface area (Å²) in [7, 11) is 0. The van der Waals surface area contributed by atoms with Crippen molar-refractivity contribution in [3.63, 3.8) is 0 Å². The van der Waals surface area contributed by atoms with Crippen molar-refractivity contribution in [3.8, 4) is 0 Å². The molecule has 1 aliphatic heterocycles. The number of nitrogens with one attached hydrogen (secondary N) is 1. The normalized spacial score (nSPS) is 19.9. The van der Waals surface area contributed by atoms with Crippen LogP contribution in [0, 0.1) is 11.6 Å². The first-order valence-electron chi connectivity index (χ1n) is 9.64. The molecule has 150 valence electrons. The van der Waals surface area contributed by atoms with Crippen LogP contribution in [0.3, 0.4) is 0 Å². The van der Waals surface area contributed by atoms with E-state index in [2.05, 4.69) is 5.32 Å². The van der Waals surface area contributed by atoms with E-state index in [1.807, 2.05) is 6.92 Å². The van der Waals surface area contributed by atoms with Gasteiger partial charge in [-0.25, -0.2) is 13.6 Å². The SMILES string of the molecule is CCOC(=O)c1cn(C2CC2)c2c(F)c(N3CCNC(C)C3)c(F)cc2c1=O. The van der Waals surface area contributed by atoms with Crippen LogP contribution in [0.1, 0.15) is 43.1 Å². The maximum atomic E-state index is 15.6. The molecule has 1 saturated heterocycles. The molecule has 1 aromatic heterocycles. The van der Waals surface area contributed by atoms with Crippen molar-refractivity contribution < 1.29 is 18.3 Å². The fourth-order valence-corrected chi connectivity index (χ4v) is 3.85. The number of halogens is 2. The number of hydrogen-bond donors (Lipinski definition) is 1. The molecule has 2 aromatic rings. The van der Waals surface area contributed by atoms with Gasteiger partial charge < -0.3 is 19.5 Å². The van der Waals surface area contributed by atoms with E-state index in [1.165, 1.54) is 6.20 Å². The number of pyridine rings is 1. The van der Waals surface area contributed by atoms with Gasteiger partial charge in [-0.1, -0.05) is 0 Å². The molecular formula is C20H23F2N3O3. The Morgan fingerprint density at radius 3 is 2.75 bits per heavy atom. The number of fused-ring (bicyclic) bond motifs is 1. The first-order valence-corrected chi connectivity index (χ1v) is 9.64. The van der Waals surface area contributed by atoms with Crippen molar-refractivity contribution in [3.05, 3.63) is 39.7 Å². The fraction of sp³-hybridized carbons (Fsp3) is 0.500. The topological polar surface area (TPSA) is 63.6 Å². The quantitative estimate of drug-likeness (QED) is 0.812. The Morgan fingerprint density at radius 2 is 2.11 bits per heavy atom. The lowest BCUT2D eigenvalue weighted by Gasteiger charge is -2.34. The van der Waals surface area contributed by atoms with E-state index in [9.17, 15) is 14.0 Å². The molecule has 1 N–H and O–H groups in total. The molecule has 2 fully saturated rings. The Kier molecular flexibility index (Phi) is 4.82. The highest BCUT2D eigenvalue weighted by Crippen LogP contribution is 2.39. The number of anilines is 1. The van der Waals surface area contributed by atoms with Gasteiger partial charge in [0.05, 0.1) is 17.5 Å². The minimum absolute atomic E-state index is 0.00830. The monoisotopic (exact) mass is 391 g/mol. The number of esters is 1. The summed E-state index contributed by atoms with van der Waals surface area (Å²) in [5.41, 5.74) is -0.950. The average molecular weight is 391 g/mol. The van der Waals surface area contributed by atoms with Gasteiger partial charge in [0.1, 0.15) is 17.1 Å². The predicted octanol–water partition coefficient (Wildman–Crippen LogP) is 2.59. The molecule has 1 atom stereocenters. The molecule has 1 unspecified atom stereocenters. The fourth-order valence-electron chi connectivity index (χ4n) is 3.85. The summed E-state index contributed by atoms with van der Waals surface area (Å²) in [4.78, 5) is 26.7. The Hall–Kier alpha value is -2.48. The zero-order valence-corrected chi connectivity index (χ0v) is 15.9. The number of nitrogens with zero attached hydrogens (tertiary/aromatic N) is 2. The average Bonchev–Trinajstić information content (AvgIpc) is 3.48. The van der Waals surface area contributed by atoms with E-state index in [0.29, 0.717) is 19.6 Å². The molecular weight excluding hydrogens is 368 g/mol. The molecule has 0 spiro atoms. The number of rotatable bonds is 4. The molecule has 28 heavy (non-hydrogen) atoms. The van der Waals surface area contributed by atoms with Crippen molar-refractivity contribution in [1.82, 2.24) is 9.88 Å². The van der Waals surface area contributed by atoms with Crippen molar-refractivity contribution in [2.45, 2.75) is 38.8 Å². The molecule has 1 saturated carbocycles. The molecule has 1 aromatic carbocycles. The molecule has 0 bridgehead atoms. The molecule has 8 heteroatoms. The Bertz CT molecular complexity index is 1000. The van der Waals surface area contributed by atoms with Gasteiger partial charge in [-0.05, 0) is 32.8 Å². The first kappa shape index (κ1) is 18.9. The Morgan fingerprint density at radius 1 is 1.36 bits per heavy atom. The summed E-state index contributed by atoms with van der Waals surface area (Å²) < 4.78 is 37.1. The van der Waals surface area contributed by atoms with Crippen LogP contribution in [0.4, 0.5) is 14.5 Å². The number of carbonyl (C=O) groups excluding carboxylic acids is 1. The highest BCUT2D eigenvalue weighted by Gasteiger charge is 2.32. The van der Waals surface area contributed by atoms with Gasteiger partial charge in [-0.3, -0.25) is 4.79 Å². The molecule has 1 aliphatic carbocycles. The summed E-state index contributed by atoms with van der Waals surface area (Å²) in [5.74, 6) is -2.31. The lowest BCUT2D eigenvalue weighted by molar-refractivity contribution is 0.0524. The van der Waals surface area contributed by atoms with Crippen LogP contribution in [-0.4, -0.2) is 42.8 Å². The standard InChI is InChI=1S/C20H23F2N3O3/c1-3-28-20(27)14-10-25(12-4-5-12)17-13(19(14)26)8-15(21)18(16(17)22)24-7-6-23-11(2)9-24/h8,10-12,23H,3-7,9H2,1-2H3. The van der Waals surface area contributed by atoms with Crippen LogP contribution in [0.15, 0.2) is 17.1 Å². The number of ether oxygens (including phenoxy) is 1. The van der Waals surface area contributed by atoms with Crippen LogP contribution < -0.4 is 15.6 Å². The third-order valence-corrected chi connectivity index (χ3v) is 5.30. The summed E-state index contributed by atoms with van der Waals surface area (Å²) in [6.45, 7) is 5.26. The molecule has 2 aliphatic rings. The summed E-state index contributed by atoms with van der Waals surface area (Å²) in [5, 5.41) is 3.12. The van der Waals surface area contributed by atoms with Gasteiger partial charge in [0.15, 0.2) is 5.82 Å². The van der Waals surface area contributed by atoms with E-state index in [0.717, 1.165) is 18.9 Å². The maximum absolute atomic E-state index is 15.6. The van der Waals surface area contributed by atoms with Gasteiger partial charge in [0, 0.05) is 37.9 Å². The van der Waals surface area contributed by atoms with E-state index in [-0.39, 0.29) is 40.8 Å². The zero-order chi connectivity index (χ0) is 20.0. The third kappa shape index (κ3) is 3.15. The summed E-state index contributed by atoms with van der Waals surface area (Å²) >= 11 is 0. The largest absolute Gasteiger partial charge is 0.462 e. The van der Waals surface area contributed by atoms with Crippen LogP contribution in [0.5, 0.6) is 0 Å². The molecule has 2 heterocycles. The number of aromatic nitrogens is 1. The third-order valence-electron chi connectivity index (χ3n) is 5.30. The second kappa shape index (κ2) is 7.16. The Labute approximate surface area is 161 Å². The molecule has 0 radical (unpaired) electrons. The minimum atomic E-state index is -0.792. The summed E-state index contributed by atoms with van der Waals surface area (Å²) in [6, 6.07) is 1.15. The molecule has 4 rings (SSSR count). The first-order chi connectivity index (χ1) is 13.4. The van der Waals surface area contributed by atoms with E-state index in [1.54, 1.807) is 16.4 Å². The number of carbonyl (C=O) groups is 1. The van der Waals surface area contributed by atoms with Gasteiger partial charge in [0.25, 0.3) is 0 Å². The van der Waals surface area contributed by atoms with E-state index >= 15 is 4.39 Å². The lowest BCUT2D eigenvalue weighted by Crippen LogP contribution is -2.49. The van der Waals surface area contributed by atoms with E-state index in [4.69, 9.17) is 4.74 Å². The zero-order valence-electron chi connectivity index (χ0n) is 15.9. The highest BCUT2D eigenvalue weighted by molar-refractivity contribution is 5.95. The maximum Gasteiger partial charge on any atom is 0.343 e. The number of benzene rings is 1. The lowest BCUT2D eigenvalue weighted by atomic mass is 10.1. The van der Waals surface area contributed by atoms with Crippen molar-refractivity contribution in [2.75, 3.05) is 31.1 Å². The highest BCUT2D eigenvalue weighted by atomic mass is 19.1. The van der Waals surface area contributed by atoms with Crippen LogP contribution in [0.25, 0.3) is 10.9 Å². The van der Waals surface area contributed by atoms with Gasteiger partial charge in [-0.15, -0.1) is 0 Å². The Balaban J connectivity index is 1.95. The second-order valence-electron chi connectivity index (χ2n) is 7.45. The predicted molar refractivity (Wildman–Crippen MR) is 102 cm³/mol. The van der Waals surface area contributed by atoms with Crippen LogP contribution in [-0.2, 0) is 4.74 Å². The summed E-state index contributed by atoms with van der Waals surface area (Å²) in [6.07, 6.45) is 3.00. The van der Waals surface area contributed by atoms with Gasteiger partial charge >= 0.3 is 5.97 Å². The van der Waals surface area contributed by atoms with Gasteiger partial charge in [-0.2, -0.15) is 0 Å². The van der Waals surface area contributed by atoms with Crippen LogP contribution in [0.2, 0.25) is 0 Å². The van der Waals surface area contributed by atoms with Crippen molar-refractivity contribution >= 4 is 22.6 Å². The van der Waals surface area contributed by atoms with Crippen molar-refractivity contribution in [2.24, 2.45) is 0 Å². The molecule has 0 amide bonds. The smallest absolute Gasteiger partial charge is 0.343 e. The number of piperazine rings is 1. The van der Waals surface area contributed by atoms with E-state index < -0.39 is 23.0 Å². The van der Waals surface area contributed by atoms with Crippen LogP contribution >= 0.6 is 0 Å². The minimum Gasteiger partial charge on any atom is -0.462 e. The second-order valence-corrected chi connectivity index (χ2v) is 7.45.